The van der Waals surface area contributed by atoms with E-state index in [0.29, 0.717) is 19.6 Å². The molecule has 1 atom stereocenters. The number of alkyl halides is 3. The van der Waals surface area contributed by atoms with Gasteiger partial charge in [-0.05, 0) is 6.92 Å². The van der Waals surface area contributed by atoms with Gasteiger partial charge in [-0.25, -0.2) is 4.98 Å². The molecule has 2 heterocycles. The molecule has 7 heteroatoms. The number of halogens is 3. The molecule has 1 aliphatic rings. The normalized spacial score (nSPS) is 22.2. The third-order valence-corrected chi connectivity index (χ3v) is 3.02. The predicted octanol–water partition coefficient (Wildman–Crippen LogP) is 1.55. The summed E-state index contributed by atoms with van der Waals surface area (Å²) in [5.74, 6) is 0.719. The molecule has 1 aromatic rings. The zero-order valence-electron chi connectivity index (χ0n) is 10.1. The Morgan fingerprint density at radius 2 is 2.11 bits per heavy atom. The Morgan fingerprint density at radius 1 is 1.33 bits per heavy atom. The van der Waals surface area contributed by atoms with Crippen LogP contribution in [0, 0.1) is 0 Å². The average Bonchev–Trinajstić information content (AvgIpc) is 2.31. The van der Waals surface area contributed by atoms with Gasteiger partial charge in [0.05, 0.1) is 12.7 Å². The number of anilines is 1. The number of hydrogen-bond acceptors (Lipinski definition) is 4. The van der Waals surface area contributed by atoms with Gasteiger partial charge < -0.3 is 4.90 Å². The maximum Gasteiger partial charge on any atom is 0.401 e. The van der Waals surface area contributed by atoms with E-state index in [1.54, 1.807) is 25.5 Å². The summed E-state index contributed by atoms with van der Waals surface area (Å²) in [6.07, 6.45) is 0.657. The van der Waals surface area contributed by atoms with E-state index in [4.69, 9.17) is 0 Å². The molecule has 18 heavy (non-hydrogen) atoms. The van der Waals surface area contributed by atoms with Gasteiger partial charge in [0.15, 0.2) is 0 Å². The van der Waals surface area contributed by atoms with Crippen molar-refractivity contribution in [3.05, 3.63) is 18.6 Å². The van der Waals surface area contributed by atoms with Crippen molar-refractivity contribution >= 4 is 5.82 Å². The Hall–Kier alpha value is -1.37. The zero-order valence-corrected chi connectivity index (χ0v) is 10.1. The maximum absolute atomic E-state index is 12.4. The van der Waals surface area contributed by atoms with Crippen LogP contribution in [-0.2, 0) is 0 Å². The molecule has 0 saturated carbocycles. The Kier molecular flexibility index (Phi) is 3.70. The highest BCUT2D eigenvalue weighted by atomic mass is 19.4. The van der Waals surface area contributed by atoms with Crippen molar-refractivity contribution in [2.45, 2.75) is 19.1 Å². The highest BCUT2D eigenvalue weighted by Crippen LogP contribution is 2.21. The molecule has 1 fully saturated rings. The molecule has 0 bridgehead atoms. The molecular formula is C11H15F3N4. The highest BCUT2D eigenvalue weighted by Gasteiger charge is 2.35. The van der Waals surface area contributed by atoms with Crippen molar-refractivity contribution in [3.8, 4) is 0 Å². The lowest BCUT2D eigenvalue weighted by atomic mass is 10.2. The van der Waals surface area contributed by atoms with Crippen LogP contribution in [0.5, 0.6) is 0 Å². The first-order valence-corrected chi connectivity index (χ1v) is 5.77. The Labute approximate surface area is 103 Å². The standard InChI is InChI=1S/C11H15F3N4/c1-9-7-17(10-6-15-2-3-16-10)4-5-18(9)8-11(12,13)14/h2-3,6,9H,4-5,7-8H2,1H3. The van der Waals surface area contributed by atoms with Gasteiger partial charge in [0.1, 0.15) is 5.82 Å². The van der Waals surface area contributed by atoms with Crippen molar-refractivity contribution in [1.82, 2.24) is 14.9 Å². The zero-order chi connectivity index (χ0) is 13.2. The van der Waals surface area contributed by atoms with Gasteiger partial charge in [0.2, 0.25) is 0 Å². The van der Waals surface area contributed by atoms with Crippen LogP contribution in [0.4, 0.5) is 19.0 Å². The van der Waals surface area contributed by atoms with Crippen molar-refractivity contribution in [2.75, 3.05) is 31.1 Å². The van der Waals surface area contributed by atoms with Crippen molar-refractivity contribution < 1.29 is 13.2 Å². The third kappa shape index (κ3) is 3.32. The molecule has 4 nitrogen and oxygen atoms in total. The fourth-order valence-electron chi connectivity index (χ4n) is 2.12. The summed E-state index contributed by atoms with van der Waals surface area (Å²) in [5.41, 5.74) is 0. The van der Waals surface area contributed by atoms with E-state index in [9.17, 15) is 13.2 Å². The highest BCUT2D eigenvalue weighted by molar-refractivity contribution is 5.36. The van der Waals surface area contributed by atoms with Crippen molar-refractivity contribution in [2.24, 2.45) is 0 Å². The predicted molar refractivity (Wildman–Crippen MR) is 61.3 cm³/mol. The Balaban J connectivity index is 1.96. The van der Waals surface area contributed by atoms with Gasteiger partial charge in [-0.15, -0.1) is 0 Å². The van der Waals surface area contributed by atoms with E-state index >= 15 is 0 Å². The molecule has 0 spiro atoms. The van der Waals surface area contributed by atoms with Crippen LogP contribution in [0.2, 0.25) is 0 Å². The Bertz CT molecular complexity index is 382. The van der Waals surface area contributed by atoms with Crippen LogP contribution in [0.15, 0.2) is 18.6 Å². The van der Waals surface area contributed by atoms with Crippen molar-refractivity contribution in [3.63, 3.8) is 0 Å². The SMILES string of the molecule is CC1CN(c2cnccn2)CCN1CC(F)(F)F. The second-order valence-corrected chi connectivity index (χ2v) is 4.44. The molecule has 0 aliphatic carbocycles. The number of nitrogens with zero attached hydrogens (tertiary/aromatic N) is 4. The summed E-state index contributed by atoms with van der Waals surface area (Å²) in [6, 6.07) is -0.151. The van der Waals surface area contributed by atoms with Crippen molar-refractivity contribution in [1.29, 1.82) is 0 Å². The first-order chi connectivity index (χ1) is 8.46. The van der Waals surface area contributed by atoms with E-state index in [1.807, 2.05) is 4.90 Å². The molecule has 1 aromatic heterocycles. The minimum atomic E-state index is -4.14. The van der Waals surface area contributed by atoms with Gasteiger partial charge >= 0.3 is 6.18 Å². The quantitative estimate of drug-likeness (QED) is 0.807. The minimum Gasteiger partial charge on any atom is -0.353 e. The monoisotopic (exact) mass is 260 g/mol. The van der Waals surface area contributed by atoms with E-state index in [-0.39, 0.29) is 6.04 Å². The lowest BCUT2D eigenvalue weighted by molar-refractivity contribution is -0.150. The smallest absolute Gasteiger partial charge is 0.353 e. The van der Waals surface area contributed by atoms with E-state index < -0.39 is 12.7 Å². The van der Waals surface area contributed by atoms with Crippen LogP contribution in [0.1, 0.15) is 6.92 Å². The molecule has 1 aliphatic heterocycles. The molecule has 100 valence electrons. The fourth-order valence-corrected chi connectivity index (χ4v) is 2.12. The van der Waals surface area contributed by atoms with E-state index in [2.05, 4.69) is 9.97 Å². The van der Waals surface area contributed by atoms with Gasteiger partial charge in [-0.2, -0.15) is 13.2 Å². The summed E-state index contributed by atoms with van der Waals surface area (Å²) in [4.78, 5) is 11.5. The number of piperazine rings is 1. The maximum atomic E-state index is 12.4. The van der Waals surface area contributed by atoms with Gasteiger partial charge in [0, 0.05) is 38.1 Å². The van der Waals surface area contributed by atoms with Gasteiger partial charge in [-0.1, -0.05) is 0 Å². The fraction of sp³-hybridized carbons (Fsp3) is 0.636. The molecule has 0 aromatic carbocycles. The third-order valence-electron chi connectivity index (χ3n) is 3.02. The van der Waals surface area contributed by atoms with E-state index in [1.165, 1.54) is 4.90 Å². The second-order valence-electron chi connectivity index (χ2n) is 4.44. The van der Waals surface area contributed by atoms with Crippen LogP contribution < -0.4 is 4.90 Å². The van der Waals surface area contributed by atoms with Gasteiger partial charge in [-0.3, -0.25) is 9.88 Å². The molecular weight excluding hydrogens is 245 g/mol. The molecule has 0 N–H and O–H groups in total. The second kappa shape index (κ2) is 5.09. The summed E-state index contributed by atoms with van der Waals surface area (Å²) < 4.78 is 37.1. The lowest BCUT2D eigenvalue weighted by Crippen LogP contribution is -2.54. The summed E-state index contributed by atoms with van der Waals surface area (Å²) in [6.45, 7) is 2.42. The van der Waals surface area contributed by atoms with E-state index in [0.717, 1.165) is 5.82 Å². The molecule has 0 radical (unpaired) electrons. The first-order valence-electron chi connectivity index (χ1n) is 5.77. The summed E-state index contributed by atoms with van der Waals surface area (Å²) >= 11 is 0. The minimum absolute atomic E-state index is 0.151. The van der Waals surface area contributed by atoms with Crippen LogP contribution in [0.25, 0.3) is 0 Å². The molecule has 0 amide bonds. The Morgan fingerprint density at radius 3 is 2.67 bits per heavy atom. The van der Waals surface area contributed by atoms with Gasteiger partial charge in [0.25, 0.3) is 0 Å². The topological polar surface area (TPSA) is 32.3 Å². The summed E-state index contributed by atoms with van der Waals surface area (Å²) in [5, 5.41) is 0. The average molecular weight is 260 g/mol. The molecule has 1 saturated heterocycles. The van der Waals surface area contributed by atoms with Crippen LogP contribution in [0.3, 0.4) is 0 Å². The number of rotatable bonds is 2. The summed E-state index contributed by atoms with van der Waals surface area (Å²) in [7, 11) is 0. The number of hydrogen-bond donors (Lipinski definition) is 0. The molecule has 2 rings (SSSR count). The largest absolute Gasteiger partial charge is 0.401 e. The lowest BCUT2D eigenvalue weighted by Gasteiger charge is -2.40. The van der Waals surface area contributed by atoms with Crippen LogP contribution >= 0.6 is 0 Å². The number of aromatic nitrogens is 2. The van der Waals surface area contributed by atoms with Crippen LogP contribution in [-0.4, -0.2) is 53.3 Å². The molecule has 1 unspecified atom stereocenters. The first kappa shape index (κ1) is 13.1.